The Labute approximate surface area is 127 Å². The first-order valence-corrected chi connectivity index (χ1v) is 7.35. The number of carbonyl (C=O) groups is 2. The predicted molar refractivity (Wildman–Crippen MR) is 75.6 cm³/mol. The van der Waals surface area contributed by atoms with Crippen LogP contribution in [0.4, 0.5) is 4.39 Å². The number of rotatable bonds is 1. The summed E-state index contributed by atoms with van der Waals surface area (Å²) in [5.74, 6) is -1.02. The van der Waals surface area contributed by atoms with Gasteiger partial charge >= 0.3 is 0 Å². The zero-order valence-corrected chi connectivity index (χ0v) is 12.4. The standard InChI is InChI=1S/C15H18FN3O3/c1-10(20)19-6-7-22-14-3-5-18(9-13(14)19)15(21)11-2-4-17-8-12(11)16/h2,4,8,13-14H,3,5-7,9H2,1H3/t13-,14-/m0/s1. The Bertz CT molecular complexity index is 595. The summed E-state index contributed by atoms with van der Waals surface area (Å²) in [6, 6.07) is 1.22. The molecule has 2 aliphatic rings. The van der Waals surface area contributed by atoms with E-state index >= 15 is 0 Å². The number of piperidine rings is 1. The zero-order chi connectivity index (χ0) is 15.7. The van der Waals surface area contributed by atoms with Crippen molar-refractivity contribution in [2.24, 2.45) is 0 Å². The van der Waals surface area contributed by atoms with Crippen molar-refractivity contribution in [2.45, 2.75) is 25.5 Å². The van der Waals surface area contributed by atoms with Crippen molar-refractivity contribution in [2.75, 3.05) is 26.2 Å². The molecule has 1 aromatic heterocycles. The minimum Gasteiger partial charge on any atom is -0.374 e. The lowest BCUT2D eigenvalue weighted by molar-refractivity contribution is -0.149. The Morgan fingerprint density at radius 3 is 2.95 bits per heavy atom. The zero-order valence-electron chi connectivity index (χ0n) is 12.4. The van der Waals surface area contributed by atoms with Gasteiger partial charge in [0.1, 0.15) is 0 Å². The largest absolute Gasteiger partial charge is 0.374 e. The highest BCUT2D eigenvalue weighted by Crippen LogP contribution is 2.24. The lowest BCUT2D eigenvalue weighted by atomic mass is 9.98. The number of halogens is 1. The number of fused-ring (bicyclic) bond motifs is 1. The van der Waals surface area contributed by atoms with Crippen molar-refractivity contribution >= 4 is 11.8 Å². The highest BCUT2D eigenvalue weighted by Gasteiger charge is 2.39. The van der Waals surface area contributed by atoms with Gasteiger partial charge in [0.15, 0.2) is 5.82 Å². The molecule has 2 atom stereocenters. The molecule has 3 rings (SSSR count). The van der Waals surface area contributed by atoms with Gasteiger partial charge in [-0.05, 0) is 12.5 Å². The summed E-state index contributed by atoms with van der Waals surface area (Å²) >= 11 is 0. The van der Waals surface area contributed by atoms with Crippen molar-refractivity contribution in [3.8, 4) is 0 Å². The summed E-state index contributed by atoms with van der Waals surface area (Å²) in [7, 11) is 0. The van der Waals surface area contributed by atoms with Crippen LogP contribution in [0.5, 0.6) is 0 Å². The normalized spacial score (nSPS) is 24.8. The van der Waals surface area contributed by atoms with E-state index in [2.05, 4.69) is 4.98 Å². The number of carbonyl (C=O) groups excluding carboxylic acids is 2. The molecule has 2 amide bonds. The van der Waals surface area contributed by atoms with Crippen LogP contribution in [0.15, 0.2) is 18.5 Å². The number of hydrogen-bond donors (Lipinski definition) is 0. The topological polar surface area (TPSA) is 62.7 Å². The van der Waals surface area contributed by atoms with Crippen LogP contribution in [-0.4, -0.2) is 65.0 Å². The molecule has 0 aliphatic carbocycles. The molecule has 1 aromatic rings. The fourth-order valence-electron chi connectivity index (χ4n) is 3.17. The number of hydrogen-bond acceptors (Lipinski definition) is 4. The molecule has 118 valence electrons. The first kappa shape index (κ1) is 14.9. The van der Waals surface area contributed by atoms with E-state index in [1.54, 1.807) is 9.80 Å². The minimum absolute atomic E-state index is 0.0135. The third-order valence-corrected chi connectivity index (χ3v) is 4.28. The van der Waals surface area contributed by atoms with Crippen LogP contribution in [0.3, 0.4) is 0 Å². The van der Waals surface area contributed by atoms with Crippen LogP contribution in [0.2, 0.25) is 0 Å². The number of morpholine rings is 1. The van der Waals surface area contributed by atoms with Gasteiger partial charge < -0.3 is 14.5 Å². The lowest BCUT2D eigenvalue weighted by Crippen LogP contribution is -2.61. The SMILES string of the molecule is CC(=O)N1CCO[C@H]2CCN(C(=O)c3ccncc3F)C[C@@H]21. The average molecular weight is 307 g/mol. The maximum atomic E-state index is 13.7. The first-order valence-electron chi connectivity index (χ1n) is 7.35. The van der Waals surface area contributed by atoms with Crippen LogP contribution < -0.4 is 0 Å². The van der Waals surface area contributed by atoms with Gasteiger partial charge in [-0.1, -0.05) is 0 Å². The maximum Gasteiger partial charge on any atom is 0.257 e. The van der Waals surface area contributed by atoms with Crippen molar-refractivity contribution in [1.82, 2.24) is 14.8 Å². The molecular formula is C15H18FN3O3. The monoisotopic (exact) mass is 307 g/mol. The molecular weight excluding hydrogens is 289 g/mol. The molecule has 22 heavy (non-hydrogen) atoms. The quantitative estimate of drug-likeness (QED) is 0.765. The molecule has 6 nitrogen and oxygen atoms in total. The molecule has 2 saturated heterocycles. The summed E-state index contributed by atoms with van der Waals surface area (Å²) in [4.78, 5) is 31.2. The van der Waals surface area contributed by atoms with Crippen LogP contribution in [0.25, 0.3) is 0 Å². The average Bonchev–Trinajstić information content (AvgIpc) is 2.53. The van der Waals surface area contributed by atoms with Gasteiger partial charge in [-0.2, -0.15) is 0 Å². The van der Waals surface area contributed by atoms with Crippen LogP contribution >= 0.6 is 0 Å². The van der Waals surface area contributed by atoms with E-state index < -0.39 is 5.82 Å². The molecule has 0 unspecified atom stereocenters. The van der Waals surface area contributed by atoms with Crippen LogP contribution in [0.1, 0.15) is 23.7 Å². The lowest BCUT2D eigenvalue weighted by Gasteiger charge is -2.46. The van der Waals surface area contributed by atoms with E-state index in [4.69, 9.17) is 4.74 Å². The summed E-state index contributed by atoms with van der Waals surface area (Å²) < 4.78 is 19.4. The summed E-state index contributed by atoms with van der Waals surface area (Å²) in [6.07, 6.45) is 3.02. The highest BCUT2D eigenvalue weighted by atomic mass is 19.1. The number of amides is 2. The number of nitrogens with zero attached hydrogens (tertiary/aromatic N) is 3. The molecule has 2 aliphatic heterocycles. The number of ether oxygens (including phenoxy) is 1. The first-order chi connectivity index (χ1) is 10.6. The van der Waals surface area contributed by atoms with Crippen molar-refractivity contribution in [3.63, 3.8) is 0 Å². The molecule has 7 heteroatoms. The van der Waals surface area contributed by atoms with Gasteiger partial charge in [0.25, 0.3) is 5.91 Å². The Kier molecular flexibility index (Phi) is 4.06. The van der Waals surface area contributed by atoms with Crippen molar-refractivity contribution < 1.29 is 18.7 Å². The Morgan fingerprint density at radius 2 is 2.23 bits per heavy atom. The molecule has 0 spiro atoms. The molecule has 0 aromatic carbocycles. The van der Waals surface area contributed by atoms with Gasteiger partial charge in [0, 0.05) is 32.8 Å². The minimum atomic E-state index is -0.627. The third kappa shape index (κ3) is 2.68. The summed E-state index contributed by atoms with van der Waals surface area (Å²) in [5, 5.41) is 0. The maximum absolute atomic E-state index is 13.7. The van der Waals surface area contributed by atoms with E-state index in [0.29, 0.717) is 32.7 Å². The number of likely N-dealkylation sites (tertiary alicyclic amines) is 1. The molecule has 2 fully saturated rings. The molecule has 3 heterocycles. The van der Waals surface area contributed by atoms with Crippen LogP contribution in [0, 0.1) is 5.82 Å². The highest BCUT2D eigenvalue weighted by molar-refractivity contribution is 5.94. The van der Waals surface area contributed by atoms with Gasteiger partial charge in [-0.15, -0.1) is 0 Å². The molecule has 0 bridgehead atoms. The molecule has 0 N–H and O–H groups in total. The second-order valence-electron chi connectivity index (χ2n) is 5.58. The Hall–Kier alpha value is -2.02. The van der Waals surface area contributed by atoms with Gasteiger partial charge in [-0.25, -0.2) is 4.39 Å². The van der Waals surface area contributed by atoms with Crippen LogP contribution in [-0.2, 0) is 9.53 Å². The third-order valence-electron chi connectivity index (χ3n) is 4.28. The van der Waals surface area contributed by atoms with Gasteiger partial charge in [-0.3, -0.25) is 14.6 Å². The number of aromatic nitrogens is 1. The number of pyridine rings is 1. The molecule has 0 radical (unpaired) electrons. The van der Waals surface area contributed by atoms with E-state index in [9.17, 15) is 14.0 Å². The smallest absolute Gasteiger partial charge is 0.257 e. The van der Waals surface area contributed by atoms with E-state index in [0.717, 1.165) is 6.20 Å². The fraction of sp³-hybridized carbons (Fsp3) is 0.533. The fourth-order valence-corrected chi connectivity index (χ4v) is 3.17. The summed E-state index contributed by atoms with van der Waals surface area (Å²) in [6.45, 7) is 3.43. The predicted octanol–water partition coefficient (Wildman–Crippen LogP) is 0.682. The second-order valence-corrected chi connectivity index (χ2v) is 5.58. The Balaban J connectivity index is 1.78. The molecule has 0 saturated carbocycles. The summed E-state index contributed by atoms with van der Waals surface area (Å²) in [5.41, 5.74) is 0.0135. The van der Waals surface area contributed by atoms with Gasteiger partial charge in [0.2, 0.25) is 5.91 Å². The van der Waals surface area contributed by atoms with E-state index in [1.165, 1.54) is 19.2 Å². The Morgan fingerprint density at radius 1 is 1.41 bits per heavy atom. The second kappa shape index (κ2) is 6.00. The van der Waals surface area contributed by atoms with Crippen molar-refractivity contribution in [1.29, 1.82) is 0 Å². The van der Waals surface area contributed by atoms with E-state index in [1.807, 2.05) is 0 Å². The van der Waals surface area contributed by atoms with Crippen molar-refractivity contribution in [3.05, 3.63) is 29.8 Å². The van der Waals surface area contributed by atoms with Gasteiger partial charge in [0.05, 0.1) is 30.5 Å². The van der Waals surface area contributed by atoms with E-state index in [-0.39, 0.29) is 29.5 Å².